The summed E-state index contributed by atoms with van der Waals surface area (Å²) in [5, 5.41) is 5.95. The van der Waals surface area contributed by atoms with Crippen LogP contribution in [0.5, 0.6) is 0 Å². The molecule has 0 spiro atoms. The Morgan fingerprint density at radius 1 is 0.913 bits per heavy atom. The van der Waals surface area contributed by atoms with Gasteiger partial charge in [0, 0.05) is 18.2 Å². The molecule has 0 bridgehead atoms. The van der Waals surface area contributed by atoms with Crippen molar-refractivity contribution in [2.75, 3.05) is 10.6 Å². The molecule has 0 aliphatic heterocycles. The van der Waals surface area contributed by atoms with Gasteiger partial charge in [0.05, 0.1) is 11.4 Å². The number of amides is 1. The van der Waals surface area contributed by atoms with Gasteiger partial charge in [-0.25, -0.2) is 0 Å². The van der Waals surface area contributed by atoms with E-state index in [1.54, 1.807) is 6.08 Å². The Hall–Kier alpha value is -2.88. The van der Waals surface area contributed by atoms with E-state index in [0.29, 0.717) is 18.5 Å². The zero-order valence-electron chi connectivity index (χ0n) is 12.7. The van der Waals surface area contributed by atoms with E-state index in [-0.39, 0.29) is 11.7 Å². The quantitative estimate of drug-likeness (QED) is 0.828. The third kappa shape index (κ3) is 3.66. The number of ketones is 1. The number of hydrogen-bond acceptors (Lipinski definition) is 3. The molecule has 0 saturated carbocycles. The van der Waals surface area contributed by atoms with E-state index in [4.69, 9.17) is 0 Å². The summed E-state index contributed by atoms with van der Waals surface area (Å²) in [6.07, 6.45) is 3.61. The second kappa shape index (κ2) is 6.92. The van der Waals surface area contributed by atoms with Crippen LogP contribution in [-0.4, -0.2) is 12.2 Å². The van der Waals surface area contributed by atoms with Crippen LogP contribution in [0.1, 0.15) is 24.3 Å². The van der Waals surface area contributed by atoms with Crippen LogP contribution < -0.4 is 10.6 Å². The van der Waals surface area contributed by atoms with Crippen LogP contribution in [0.4, 0.5) is 11.4 Å². The van der Waals surface area contributed by atoms with E-state index in [1.807, 2.05) is 42.5 Å². The molecule has 2 aromatic carbocycles. The summed E-state index contributed by atoms with van der Waals surface area (Å²) < 4.78 is 0. The molecule has 0 fully saturated rings. The number of rotatable bonds is 5. The van der Waals surface area contributed by atoms with Crippen molar-refractivity contribution in [3.05, 3.63) is 71.9 Å². The highest BCUT2D eigenvalue weighted by molar-refractivity contribution is 5.93. The highest BCUT2D eigenvalue weighted by atomic mass is 16.1. The lowest BCUT2D eigenvalue weighted by Gasteiger charge is -2.24. The zero-order valence-corrected chi connectivity index (χ0v) is 12.7. The molecule has 0 aromatic heterocycles. The van der Waals surface area contributed by atoms with Gasteiger partial charge in [0.15, 0.2) is 5.78 Å². The maximum Gasteiger partial charge on any atom is 0.211 e. The van der Waals surface area contributed by atoms with Gasteiger partial charge in [-0.15, -0.1) is 0 Å². The minimum absolute atomic E-state index is 0.119. The summed E-state index contributed by atoms with van der Waals surface area (Å²) >= 11 is 0. The molecule has 0 heterocycles. The number of anilines is 2. The highest BCUT2D eigenvalue weighted by Crippen LogP contribution is 2.33. The average molecular weight is 306 g/mol. The molecule has 3 rings (SSSR count). The fraction of sp³-hybridized carbons (Fsp3) is 0.158. The molecule has 0 saturated heterocycles. The normalized spacial score (nSPS) is 17.3. The Kier molecular flexibility index (Phi) is 4.52. The molecule has 0 radical (unpaired) electrons. The first-order chi connectivity index (χ1) is 11.3. The molecule has 1 atom stereocenters. The van der Waals surface area contributed by atoms with Crippen LogP contribution in [0.25, 0.3) is 0 Å². The summed E-state index contributed by atoms with van der Waals surface area (Å²) in [6, 6.07) is 17.5. The van der Waals surface area contributed by atoms with Crippen LogP contribution >= 0.6 is 0 Å². The Morgan fingerprint density at radius 2 is 1.61 bits per heavy atom. The maximum atomic E-state index is 12.1. The zero-order chi connectivity index (χ0) is 16.1. The lowest BCUT2D eigenvalue weighted by molar-refractivity contribution is -0.115. The summed E-state index contributed by atoms with van der Waals surface area (Å²) in [6.45, 7) is 0. The van der Waals surface area contributed by atoms with Gasteiger partial charge in [0.1, 0.15) is 0 Å². The second-order valence-electron chi connectivity index (χ2n) is 5.58. The van der Waals surface area contributed by atoms with Crippen LogP contribution in [0.15, 0.2) is 66.4 Å². The topological polar surface area (TPSA) is 58.2 Å². The van der Waals surface area contributed by atoms with E-state index < -0.39 is 0 Å². The highest BCUT2D eigenvalue weighted by Gasteiger charge is 2.22. The van der Waals surface area contributed by atoms with Crippen molar-refractivity contribution >= 4 is 23.6 Å². The second-order valence-corrected chi connectivity index (χ2v) is 5.58. The molecule has 4 heteroatoms. The minimum atomic E-state index is 0.119. The van der Waals surface area contributed by atoms with Gasteiger partial charge < -0.3 is 10.6 Å². The van der Waals surface area contributed by atoms with Crippen LogP contribution in [0.3, 0.4) is 0 Å². The molecule has 1 amide bonds. The Morgan fingerprint density at radius 3 is 2.35 bits per heavy atom. The fourth-order valence-electron chi connectivity index (χ4n) is 2.90. The molecule has 2 aromatic rings. The Labute approximate surface area is 135 Å². The summed E-state index contributed by atoms with van der Waals surface area (Å²) in [4.78, 5) is 22.8. The third-order valence-corrected chi connectivity index (χ3v) is 3.96. The van der Waals surface area contributed by atoms with Crippen LogP contribution in [-0.2, 0) is 9.59 Å². The molecule has 1 aliphatic carbocycles. The summed E-state index contributed by atoms with van der Waals surface area (Å²) in [7, 11) is 0. The predicted molar refractivity (Wildman–Crippen MR) is 91.3 cm³/mol. The van der Waals surface area contributed by atoms with Crippen molar-refractivity contribution in [2.24, 2.45) is 0 Å². The van der Waals surface area contributed by atoms with Crippen molar-refractivity contribution in [2.45, 2.75) is 18.8 Å². The summed E-state index contributed by atoms with van der Waals surface area (Å²) in [5.74, 6) is 0.302. The van der Waals surface area contributed by atoms with Gasteiger partial charge in [0.2, 0.25) is 6.41 Å². The number of nitrogens with one attached hydrogen (secondary N) is 2. The Balaban J connectivity index is 1.80. The monoisotopic (exact) mass is 306 g/mol. The van der Waals surface area contributed by atoms with Crippen molar-refractivity contribution in [3.63, 3.8) is 0 Å². The van der Waals surface area contributed by atoms with Crippen LogP contribution in [0, 0.1) is 0 Å². The van der Waals surface area contributed by atoms with E-state index in [1.165, 1.54) is 5.56 Å². The number of benzene rings is 2. The van der Waals surface area contributed by atoms with Gasteiger partial charge >= 0.3 is 0 Å². The van der Waals surface area contributed by atoms with Crippen molar-refractivity contribution in [3.8, 4) is 0 Å². The molecule has 2 N–H and O–H groups in total. The van der Waals surface area contributed by atoms with Gasteiger partial charge in [-0.05, 0) is 30.0 Å². The smallest absolute Gasteiger partial charge is 0.211 e. The van der Waals surface area contributed by atoms with E-state index >= 15 is 0 Å². The summed E-state index contributed by atoms with van der Waals surface area (Å²) in [5.41, 5.74) is 3.52. The minimum Gasteiger partial charge on any atom is -0.357 e. The number of hydrogen-bond donors (Lipinski definition) is 2. The molecular formula is C19H18N2O2. The first kappa shape index (κ1) is 15.0. The Bertz CT molecular complexity index is 738. The number of allylic oxidation sites excluding steroid dienone is 2. The molecule has 1 aliphatic rings. The van der Waals surface area contributed by atoms with Gasteiger partial charge in [-0.1, -0.05) is 42.5 Å². The molecule has 116 valence electrons. The lowest BCUT2D eigenvalue weighted by Crippen LogP contribution is -2.17. The van der Waals surface area contributed by atoms with Crippen LogP contribution in [0.2, 0.25) is 0 Å². The lowest BCUT2D eigenvalue weighted by atomic mass is 9.85. The van der Waals surface area contributed by atoms with E-state index in [0.717, 1.165) is 17.8 Å². The molecule has 4 nitrogen and oxygen atoms in total. The molecule has 1 unspecified atom stereocenters. The maximum absolute atomic E-state index is 12.1. The molecule has 23 heavy (non-hydrogen) atoms. The average Bonchev–Trinajstić information content (AvgIpc) is 2.57. The first-order valence-corrected chi connectivity index (χ1v) is 7.61. The van der Waals surface area contributed by atoms with Gasteiger partial charge in [-0.3, -0.25) is 9.59 Å². The van der Waals surface area contributed by atoms with Crippen molar-refractivity contribution in [1.29, 1.82) is 0 Å². The largest absolute Gasteiger partial charge is 0.357 e. The predicted octanol–water partition coefficient (Wildman–Crippen LogP) is 3.70. The number of carbonyl (C=O) groups excluding carboxylic acids is 2. The fourth-order valence-corrected chi connectivity index (χ4v) is 2.90. The third-order valence-electron chi connectivity index (χ3n) is 3.96. The first-order valence-electron chi connectivity index (χ1n) is 7.61. The van der Waals surface area contributed by atoms with E-state index in [2.05, 4.69) is 22.8 Å². The van der Waals surface area contributed by atoms with Crippen molar-refractivity contribution in [1.82, 2.24) is 0 Å². The SMILES string of the molecule is O=CNc1ccccc1NC1=CC(=O)CC(c2ccccc2)C1. The molecular weight excluding hydrogens is 288 g/mol. The van der Waals surface area contributed by atoms with Crippen molar-refractivity contribution < 1.29 is 9.59 Å². The van der Waals surface area contributed by atoms with Gasteiger partial charge in [0.25, 0.3) is 0 Å². The van der Waals surface area contributed by atoms with E-state index in [9.17, 15) is 9.59 Å². The number of para-hydroxylation sites is 2. The van der Waals surface area contributed by atoms with Gasteiger partial charge in [-0.2, -0.15) is 0 Å². The number of carbonyl (C=O) groups is 2. The standard InChI is InChI=1S/C19H18N2O2/c22-13-20-18-8-4-5-9-19(18)21-16-10-15(11-17(23)12-16)14-6-2-1-3-7-14/h1-9,12-13,15,21H,10-11H2,(H,20,22).